The van der Waals surface area contributed by atoms with E-state index in [1.165, 1.54) is 0 Å². The Balaban J connectivity index is 2.02. The third kappa shape index (κ3) is 1.71. The smallest absolute Gasteiger partial charge is 0.225 e. The number of nitrogens with two attached hydrogens (primary N) is 3. The molecule has 0 amide bonds. The molecular formula is C12H14N6O. The van der Waals surface area contributed by atoms with Crippen LogP contribution in [-0.2, 0) is 0 Å². The molecule has 2 aliphatic heterocycles. The maximum Gasteiger partial charge on any atom is 0.225 e. The van der Waals surface area contributed by atoms with Crippen molar-refractivity contribution in [3.8, 4) is 5.75 Å². The molecule has 7 N–H and O–H groups in total. The molecule has 2 heterocycles. The molecule has 3 rings (SSSR count). The summed E-state index contributed by atoms with van der Waals surface area (Å²) in [5.41, 5.74) is 20.1. The number of aliphatic imine (C=N–C) groups is 2. The highest BCUT2D eigenvalue weighted by Gasteiger charge is 2.28. The Labute approximate surface area is 109 Å². The molecule has 98 valence electrons. The van der Waals surface area contributed by atoms with Crippen molar-refractivity contribution in [1.29, 1.82) is 0 Å². The molecule has 0 bridgehead atoms. The standard InChI is InChI=1S/C12H14N6O/c1-16-11-8(10(13)14)9(18-11)5-2-3-7-6(4-5)17-12(15)19-7/h2-4,12,17H,13-15H2,1H3/b16-11+. The van der Waals surface area contributed by atoms with E-state index in [2.05, 4.69) is 15.3 Å². The van der Waals surface area contributed by atoms with Crippen LogP contribution >= 0.6 is 0 Å². The highest BCUT2D eigenvalue weighted by molar-refractivity contribution is 6.41. The first-order chi connectivity index (χ1) is 9.10. The van der Waals surface area contributed by atoms with Crippen molar-refractivity contribution in [3.63, 3.8) is 0 Å². The molecule has 0 radical (unpaired) electrons. The molecule has 0 fully saturated rings. The van der Waals surface area contributed by atoms with Crippen LogP contribution in [-0.4, -0.2) is 24.9 Å². The van der Waals surface area contributed by atoms with E-state index in [1.807, 2.05) is 18.2 Å². The Morgan fingerprint density at radius 2 is 2.21 bits per heavy atom. The zero-order valence-electron chi connectivity index (χ0n) is 10.3. The lowest BCUT2D eigenvalue weighted by atomic mass is 9.95. The number of nitrogens with zero attached hydrogens (tertiary/aromatic N) is 2. The third-order valence-electron chi connectivity index (χ3n) is 2.98. The van der Waals surface area contributed by atoms with E-state index < -0.39 is 6.35 Å². The SMILES string of the molecule is C/N=C1/N=C(c2ccc3c(c2)NC(N)O3)C1=C(N)N. The van der Waals surface area contributed by atoms with E-state index in [9.17, 15) is 0 Å². The average Bonchev–Trinajstić information content (AvgIpc) is 2.66. The molecule has 1 aromatic carbocycles. The quantitative estimate of drug-likeness (QED) is 0.550. The summed E-state index contributed by atoms with van der Waals surface area (Å²) in [4.78, 5) is 8.31. The molecule has 7 nitrogen and oxygen atoms in total. The topological polar surface area (TPSA) is 124 Å². The highest BCUT2D eigenvalue weighted by Crippen LogP contribution is 2.33. The number of amidine groups is 1. The van der Waals surface area contributed by atoms with Crippen molar-refractivity contribution >= 4 is 17.2 Å². The highest BCUT2D eigenvalue weighted by atomic mass is 16.5. The Morgan fingerprint density at radius 3 is 2.89 bits per heavy atom. The maximum atomic E-state index is 5.66. The van der Waals surface area contributed by atoms with Gasteiger partial charge in [0.2, 0.25) is 6.35 Å². The minimum absolute atomic E-state index is 0.215. The first-order valence-corrected chi connectivity index (χ1v) is 5.75. The maximum absolute atomic E-state index is 5.66. The monoisotopic (exact) mass is 258 g/mol. The van der Waals surface area contributed by atoms with Crippen molar-refractivity contribution < 1.29 is 4.74 Å². The van der Waals surface area contributed by atoms with Gasteiger partial charge in [0.25, 0.3) is 0 Å². The second-order valence-electron chi connectivity index (χ2n) is 4.23. The summed E-state index contributed by atoms with van der Waals surface area (Å²) in [6, 6.07) is 5.61. The summed E-state index contributed by atoms with van der Waals surface area (Å²) in [5, 5.41) is 3.00. The minimum Gasteiger partial charge on any atom is -0.456 e. The predicted molar refractivity (Wildman–Crippen MR) is 74.0 cm³/mol. The lowest BCUT2D eigenvalue weighted by Gasteiger charge is -2.21. The molecule has 1 atom stereocenters. The van der Waals surface area contributed by atoms with Crippen LogP contribution in [0, 0.1) is 0 Å². The van der Waals surface area contributed by atoms with Crippen LogP contribution in [0.1, 0.15) is 5.56 Å². The summed E-state index contributed by atoms with van der Waals surface area (Å²) in [6.07, 6.45) is -0.518. The van der Waals surface area contributed by atoms with Crippen molar-refractivity contribution in [2.45, 2.75) is 6.35 Å². The molecule has 0 saturated carbocycles. The van der Waals surface area contributed by atoms with Crippen LogP contribution in [0.25, 0.3) is 0 Å². The second-order valence-corrected chi connectivity index (χ2v) is 4.23. The summed E-state index contributed by atoms with van der Waals surface area (Å²) >= 11 is 0. The number of hydrogen-bond acceptors (Lipinski definition) is 6. The van der Waals surface area contributed by atoms with E-state index >= 15 is 0 Å². The van der Waals surface area contributed by atoms with E-state index in [0.29, 0.717) is 17.2 Å². The summed E-state index contributed by atoms with van der Waals surface area (Å²) < 4.78 is 5.35. The number of anilines is 1. The Kier molecular flexibility index (Phi) is 2.42. The van der Waals surface area contributed by atoms with Crippen molar-refractivity contribution in [2.75, 3.05) is 12.4 Å². The van der Waals surface area contributed by atoms with E-state index in [-0.39, 0.29) is 5.82 Å². The van der Waals surface area contributed by atoms with Gasteiger partial charge in [-0.05, 0) is 18.2 Å². The Morgan fingerprint density at radius 1 is 1.42 bits per heavy atom. The number of hydrogen-bond donors (Lipinski definition) is 4. The van der Waals surface area contributed by atoms with Gasteiger partial charge in [0.1, 0.15) is 11.6 Å². The molecule has 0 saturated heterocycles. The van der Waals surface area contributed by atoms with Crippen molar-refractivity contribution in [1.82, 2.24) is 0 Å². The number of ether oxygens (including phenoxy) is 1. The molecule has 1 unspecified atom stereocenters. The van der Waals surface area contributed by atoms with E-state index in [1.54, 1.807) is 7.05 Å². The van der Waals surface area contributed by atoms with Gasteiger partial charge in [-0.25, -0.2) is 4.99 Å². The first-order valence-electron chi connectivity index (χ1n) is 5.75. The second kappa shape index (κ2) is 3.99. The first kappa shape index (κ1) is 11.5. The van der Waals surface area contributed by atoms with Gasteiger partial charge >= 0.3 is 0 Å². The fourth-order valence-corrected chi connectivity index (χ4v) is 2.12. The summed E-state index contributed by atoms with van der Waals surface area (Å²) in [5.74, 6) is 1.50. The fourth-order valence-electron chi connectivity index (χ4n) is 2.12. The molecular weight excluding hydrogens is 244 g/mol. The number of rotatable bonds is 1. The third-order valence-corrected chi connectivity index (χ3v) is 2.98. The van der Waals surface area contributed by atoms with E-state index in [0.717, 1.165) is 17.0 Å². The van der Waals surface area contributed by atoms with Gasteiger partial charge in [0, 0.05) is 12.6 Å². The summed E-state index contributed by atoms with van der Waals surface area (Å²) in [7, 11) is 1.65. The Bertz CT molecular complexity index is 642. The molecule has 7 heteroatoms. The van der Waals surface area contributed by atoms with Crippen molar-refractivity contribution in [2.24, 2.45) is 27.2 Å². The van der Waals surface area contributed by atoms with Gasteiger partial charge in [-0.1, -0.05) is 0 Å². The number of nitrogens with one attached hydrogen (secondary N) is 1. The number of benzene rings is 1. The van der Waals surface area contributed by atoms with Gasteiger partial charge in [0.15, 0.2) is 5.84 Å². The molecule has 0 aromatic heterocycles. The van der Waals surface area contributed by atoms with Crippen LogP contribution < -0.4 is 27.3 Å². The van der Waals surface area contributed by atoms with Crippen LogP contribution in [0.2, 0.25) is 0 Å². The fraction of sp³-hybridized carbons (Fsp3) is 0.167. The molecule has 1 aromatic rings. The van der Waals surface area contributed by atoms with Crippen LogP contribution in [0.5, 0.6) is 5.75 Å². The van der Waals surface area contributed by atoms with Gasteiger partial charge in [-0.3, -0.25) is 10.7 Å². The molecule has 19 heavy (non-hydrogen) atoms. The summed E-state index contributed by atoms with van der Waals surface area (Å²) in [6.45, 7) is 0. The largest absolute Gasteiger partial charge is 0.456 e. The molecule has 0 spiro atoms. The molecule has 0 aliphatic carbocycles. The normalized spacial score (nSPS) is 22.2. The lowest BCUT2D eigenvalue weighted by molar-refractivity contribution is 0.262. The molecule has 2 aliphatic rings. The zero-order chi connectivity index (χ0) is 13.6. The minimum atomic E-state index is -0.518. The van der Waals surface area contributed by atoms with Crippen LogP contribution in [0.15, 0.2) is 39.6 Å². The van der Waals surface area contributed by atoms with E-state index in [4.69, 9.17) is 21.9 Å². The van der Waals surface area contributed by atoms with Gasteiger partial charge in [0.05, 0.1) is 17.0 Å². The van der Waals surface area contributed by atoms with Crippen molar-refractivity contribution in [3.05, 3.63) is 35.2 Å². The van der Waals surface area contributed by atoms with Crippen LogP contribution in [0.3, 0.4) is 0 Å². The van der Waals surface area contributed by atoms with Crippen LogP contribution in [0.4, 0.5) is 5.69 Å². The average molecular weight is 258 g/mol. The predicted octanol–water partition coefficient (Wildman–Crippen LogP) is -0.307. The van der Waals surface area contributed by atoms with Gasteiger partial charge in [-0.2, -0.15) is 0 Å². The van der Waals surface area contributed by atoms with Gasteiger partial charge < -0.3 is 21.5 Å². The Hall–Kier alpha value is -2.54. The zero-order valence-corrected chi connectivity index (χ0v) is 10.3. The van der Waals surface area contributed by atoms with Gasteiger partial charge in [-0.15, -0.1) is 0 Å². The lowest BCUT2D eigenvalue weighted by Crippen LogP contribution is -2.31. The number of fused-ring (bicyclic) bond motifs is 1.